The molecule has 0 unspecified atom stereocenters. The summed E-state index contributed by atoms with van der Waals surface area (Å²) in [6.07, 6.45) is 0. The van der Waals surface area contributed by atoms with E-state index >= 15 is 0 Å². The number of ether oxygens (including phenoxy) is 1. The average Bonchev–Trinajstić information content (AvgIpc) is 2.37. The fourth-order valence-electron chi connectivity index (χ4n) is 1.90. The molecule has 5 heteroatoms. The van der Waals surface area contributed by atoms with Crippen LogP contribution in [0.15, 0.2) is 30.3 Å². The van der Waals surface area contributed by atoms with Gasteiger partial charge in [-0.25, -0.2) is 9.97 Å². The molecule has 19 heavy (non-hydrogen) atoms. The number of hydrogen-bond acceptors (Lipinski definition) is 4. The number of aryl methyl sites for hydroxylation is 1. The summed E-state index contributed by atoms with van der Waals surface area (Å²) < 4.78 is 5.34. The third kappa shape index (κ3) is 3.35. The number of rotatable bonds is 4. The van der Waals surface area contributed by atoms with E-state index in [1.807, 2.05) is 43.1 Å². The summed E-state index contributed by atoms with van der Waals surface area (Å²) in [6, 6.07) is 9.58. The molecule has 0 radical (unpaired) electrons. The van der Waals surface area contributed by atoms with Crippen LogP contribution in [0.1, 0.15) is 11.5 Å². The van der Waals surface area contributed by atoms with Crippen molar-refractivity contribution in [3.8, 4) is 5.75 Å². The monoisotopic (exact) mass is 277 g/mol. The highest BCUT2D eigenvalue weighted by Crippen LogP contribution is 2.27. The first-order valence-corrected chi connectivity index (χ1v) is 6.32. The maximum absolute atomic E-state index is 5.94. The quantitative estimate of drug-likeness (QED) is 0.805. The van der Waals surface area contributed by atoms with Crippen LogP contribution in [0, 0.1) is 6.92 Å². The summed E-state index contributed by atoms with van der Waals surface area (Å²) in [5, 5.41) is 0.468. The molecule has 0 aliphatic rings. The largest absolute Gasteiger partial charge is 0.495 e. The Bertz CT molecular complexity index is 554. The van der Waals surface area contributed by atoms with Crippen LogP contribution in [0.25, 0.3) is 0 Å². The van der Waals surface area contributed by atoms with Crippen LogP contribution in [0.2, 0.25) is 5.15 Å². The number of nitrogens with zero attached hydrogens (tertiary/aromatic N) is 3. The van der Waals surface area contributed by atoms with Crippen molar-refractivity contribution in [1.82, 2.24) is 9.97 Å². The Morgan fingerprint density at radius 1 is 1.26 bits per heavy atom. The van der Waals surface area contributed by atoms with E-state index in [4.69, 9.17) is 16.3 Å². The average molecular weight is 278 g/mol. The highest BCUT2D eigenvalue weighted by Gasteiger charge is 2.10. The van der Waals surface area contributed by atoms with Crippen molar-refractivity contribution >= 4 is 17.3 Å². The highest BCUT2D eigenvalue weighted by atomic mass is 35.5. The molecule has 1 heterocycles. The highest BCUT2D eigenvalue weighted by molar-refractivity contribution is 6.29. The van der Waals surface area contributed by atoms with Crippen LogP contribution in [0.3, 0.4) is 0 Å². The minimum atomic E-state index is 0.468. The minimum Gasteiger partial charge on any atom is -0.495 e. The van der Waals surface area contributed by atoms with Crippen LogP contribution in [-0.4, -0.2) is 24.1 Å². The predicted molar refractivity (Wildman–Crippen MR) is 76.9 cm³/mol. The Morgan fingerprint density at radius 3 is 2.68 bits per heavy atom. The van der Waals surface area contributed by atoms with Gasteiger partial charge in [0, 0.05) is 12.7 Å². The standard InChI is InChI=1S/C14H16ClN3O/c1-10-8-13(15)17-14(16-10)9-18(2)11-6-4-5-7-12(11)19-3/h4-8H,9H2,1-3H3. The molecule has 0 bridgehead atoms. The van der Waals surface area contributed by atoms with Crippen LogP contribution < -0.4 is 9.64 Å². The predicted octanol–water partition coefficient (Wildman–Crippen LogP) is 3.08. The lowest BCUT2D eigenvalue weighted by molar-refractivity contribution is 0.414. The second-order valence-electron chi connectivity index (χ2n) is 4.28. The summed E-state index contributed by atoms with van der Waals surface area (Å²) in [6.45, 7) is 2.47. The van der Waals surface area contributed by atoms with Crippen LogP contribution in [0.4, 0.5) is 5.69 Å². The number of hydrogen-bond donors (Lipinski definition) is 0. The second kappa shape index (κ2) is 5.89. The van der Waals surface area contributed by atoms with Gasteiger partial charge in [-0.2, -0.15) is 0 Å². The second-order valence-corrected chi connectivity index (χ2v) is 4.66. The van der Waals surface area contributed by atoms with E-state index in [-0.39, 0.29) is 0 Å². The van der Waals surface area contributed by atoms with Crippen molar-refractivity contribution in [2.75, 3.05) is 19.1 Å². The molecule has 4 nitrogen and oxygen atoms in total. The molecule has 100 valence electrons. The van der Waals surface area contributed by atoms with Gasteiger partial charge < -0.3 is 9.64 Å². The lowest BCUT2D eigenvalue weighted by Gasteiger charge is -2.20. The zero-order chi connectivity index (χ0) is 13.8. The number of anilines is 1. The van der Waals surface area contributed by atoms with E-state index in [9.17, 15) is 0 Å². The van der Waals surface area contributed by atoms with E-state index in [1.54, 1.807) is 13.2 Å². The van der Waals surface area contributed by atoms with Crippen molar-refractivity contribution in [1.29, 1.82) is 0 Å². The molecule has 0 saturated carbocycles. The first-order chi connectivity index (χ1) is 9.10. The first-order valence-electron chi connectivity index (χ1n) is 5.94. The molecule has 0 N–H and O–H groups in total. The number of para-hydroxylation sites is 2. The molecule has 0 aliphatic heterocycles. The van der Waals surface area contributed by atoms with Crippen molar-refractivity contribution in [3.05, 3.63) is 47.0 Å². The van der Waals surface area contributed by atoms with Crippen molar-refractivity contribution in [3.63, 3.8) is 0 Å². The minimum absolute atomic E-state index is 0.468. The van der Waals surface area contributed by atoms with Gasteiger partial charge in [-0.15, -0.1) is 0 Å². The smallest absolute Gasteiger partial charge is 0.149 e. The number of benzene rings is 1. The third-order valence-electron chi connectivity index (χ3n) is 2.74. The normalized spacial score (nSPS) is 10.3. The molecule has 2 aromatic rings. The Hall–Kier alpha value is -1.81. The topological polar surface area (TPSA) is 38.2 Å². The van der Waals surface area contributed by atoms with Crippen LogP contribution in [-0.2, 0) is 6.54 Å². The summed E-state index contributed by atoms with van der Waals surface area (Å²) >= 11 is 5.94. The molecular formula is C14H16ClN3O. The number of halogens is 1. The molecule has 1 aromatic carbocycles. The Kier molecular flexibility index (Phi) is 4.22. The van der Waals surface area contributed by atoms with Gasteiger partial charge in [0.25, 0.3) is 0 Å². The van der Waals surface area contributed by atoms with E-state index < -0.39 is 0 Å². The summed E-state index contributed by atoms with van der Waals surface area (Å²) in [7, 11) is 3.63. The van der Waals surface area contributed by atoms with E-state index in [2.05, 4.69) is 9.97 Å². The maximum Gasteiger partial charge on any atom is 0.149 e. The maximum atomic E-state index is 5.94. The fourth-order valence-corrected chi connectivity index (χ4v) is 2.16. The van der Waals surface area contributed by atoms with Crippen LogP contribution >= 0.6 is 11.6 Å². The molecule has 0 spiro atoms. The zero-order valence-electron chi connectivity index (χ0n) is 11.2. The lowest BCUT2D eigenvalue weighted by atomic mass is 10.2. The van der Waals surface area contributed by atoms with Gasteiger partial charge in [0.1, 0.15) is 16.7 Å². The molecule has 0 atom stereocenters. The summed E-state index contributed by atoms with van der Waals surface area (Å²) in [4.78, 5) is 10.6. The first kappa shape index (κ1) is 13.6. The van der Waals surface area contributed by atoms with Gasteiger partial charge in [-0.1, -0.05) is 23.7 Å². The molecule has 0 aliphatic carbocycles. The van der Waals surface area contributed by atoms with Gasteiger partial charge in [0.15, 0.2) is 0 Å². The Labute approximate surface area is 118 Å². The molecule has 0 fully saturated rings. The van der Waals surface area contributed by atoms with E-state index in [1.165, 1.54) is 0 Å². The van der Waals surface area contributed by atoms with Gasteiger partial charge in [-0.3, -0.25) is 0 Å². The Morgan fingerprint density at radius 2 is 2.00 bits per heavy atom. The van der Waals surface area contributed by atoms with Gasteiger partial charge >= 0.3 is 0 Å². The molecule has 1 aromatic heterocycles. The zero-order valence-corrected chi connectivity index (χ0v) is 12.0. The summed E-state index contributed by atoms with van der Waals surface area (Å²) in [5.74, 6) is 1.52. The van der Waals surface area contributed by atoms with Crippen LogP contribution in [0.5, 0.6) is 5.75 Å². The molecule has 0 amide bonds. The number of aromatic nitrogens is 2. The summed E-state index contributed by atoms with van der Waals surface area (Å²) in [5.41, 5.74) is 1.86. The van der Waals surface area contributed by atoms with Crippen molar-refractivity contribution in [2.45, 2.75) is 13.5 Å². The van der Waals surface area contributed by atoms with Crippen molar-refractivity contribution in [2.24, 2.45) is 0 Å². The SMILES string of the molecule is COc1ccccc1N(C)Cc1nc(C)cc(Cl)n1. The Balaban J connectivity index is 2.22. The molecular weight excluding hydrogens is 262 g/mol. The fraction of sp³-hybridized carbons (Fsp3) is 0.286. The van der Waals surface area contributed by atoms with Gasteiger partial charge in [0.05, 0.1) is 19.3 Å². The number of methoxy groups -OCH3 is 1. The van der Waals surface area contributed by atoms with Gasteiger partial charge in [0.2, 0.25) is 0 Å². The molecule has 0 saturated heterocycles. The van der Waals surface area contributed by atoms with Crippen molar-refractivity contribution < 1.29 is 4.74 Å². The van der Waals surface area contributed by atoms with Gasteiger partial charge in [-0.05, 0) is 25.1 Å². The molecule has 2 rings (SSSR count). The third-order valence-corrected chi connectivity index (χ3v) is 2.94. The van der Waals surface area contributed by atoms with E-state index in [0.29, 0.717) is 17.5 Å². The lowest BCUT2D eigenvalue weighted by Crippen LogP contribution is -2.19. The van der Waals surface area contributed by atoms with E-state index in [0.717, 1.165) is 17.1 Å².